The zero-order valence-electron chi connectivity index (χ0n) is 10.4. The Labute approximate surface area is 130 Å². The van der Waals surface area contributed by atoms with Crippen LogP contribution in [0.1, 0.15) is 37.3 Å². The zero-order chi connectivity index (χ0) is 14.2. The Balaban J connectivity index is 2.49. The van der Waals surface area contributed by atoms with Crippen LogP contribution in [0.15, 0.2) is 28.9 Å². The molecule has 1 unspecified atom stereocenters. The predicted molar refractivity (Wildman–Crippen MR) is 80.8 cm³/mol. The molecule has 1 atom stereocenters. The molecule has 0 aliphatic rings. The second kappa shape index (κ2) is 5.83. The smallest absolute Gasteiger partial charge is 0.123 e. The van der Waals surface area contributed by atoms with Gasteiger partial charge in [-0.2, -0.15) is 5.10 Å². The normalized spacial score (nSPS) is 13.0. The van der Waals surface area contributed by atoms with Gasteiger partial charge in [0.25, 0.3) is 0 Å². The third-order valence-electron chi connectivity index (χ3n) is 2.79. The zero-order valence-corrected chi connectivity index (χ0v) is 13.5. The van der Waals surface area contributed by atoms with E-state index in [1.54, 1.807) is 29.1 Å². The molecule has 0 saturated heterocycles. The van der Waals surface area contributed by atoms with Crippen molar-refractivity contribution in [2.75, 3.05) is 0 Å². The Bertz CT molecular complexity index is 598. The first-order valence-electron chi connectivity index (χ1n) is 5.77. The van der Waals surface area contributed by atoms with E-state index >= 15 is 0 Å². The van der Waals surface area contributed by atoms with Gasteiger partial charge < -0.3 is 5.11 Å². The van der Waals surface area contributed by atoms with E-state index in [4.69, 9.17) is 23.2 Å². The molecule has 1 aromatic carbocycles. The molecular weight excluding hydrogens is 351 g/mol. The summed E-state index contributed by atoms with van der Waals surface area (Å²) in [6, 6.07) is 5.35. The number of aliphatic hydroxyl groups excluding tert-OH is 1. The number of rotatable bonds is 3. The third kappa shape index (κ3) is 2.97. The van der Waals surface area contributed by atoms with Crippen LogP contribution >= 0.6 is 39.1 Å². The highest BCUT2D eigenvalue weighted by Crippen LogP contribution is 2.34. The fourth-order valence-electron chi connectivity index (χ4n) is 1.89. The van der Waals surface area contributed by atoms with Crippen molar-refractivity contribution < 1.29 is 5.11 Å². The Hall–Kier alpha value is -0.550. The second-order valence-corrected chi connectivity index (χ2v) is 6.18. The highest BCUT2D eigenvalue weighted by atomic mass is 79.9. The van der Waals surface area contributed by atoms with Crippen LogP contribution in [0.3, 0.4) is 0 Å². The molecule has 19 heavy (non-hydrogen) atoms. The van der Waals surface area contributed by atoms with Gasteiger partial charge in [0.1, 0.15) is 6.10 Å². The van der Waals surface area contributed by atoms with Gasteiger partial charge in [-0.3, -0.25) is 4.68 Å². The van der Waals surface area contributed by atoms with Crippen molar-refractivity contribution in [2.24, 2.45) is 0 Å². The number of hydrogen-bond donors (Lipinski definition) is 1. The molecular formula is C13H13BrCl2N2O. The summed E-state index contributed by atoms with van der Waals surface area (Å²) < 4.78 is 2.45. The number of nitrogens with zero attached hydrogens (tertiary/aromatic N) is 2. The summed E-state index contributed by atoms with van der Waals surface area (Å²) in [5.41, 5.74) is 1.29. The number of halogens is 3. The number of aromatic nitrogens is 2. The van der Waals surface area contributed by atoms with Crippen LogP contribution in [0.25, 0.3) is 0 Å². The molecule has 0 bridgehead atoms. The maximum atomic E-state index is 10.5. The lowest BCUT2D eigenvalue weighted by molar-refractivity contribution is 0.204. The summed E-state index contributed by atoms with van der Waals surface area (Å²) in [4.78, 5) is 0. The minimum Gasteiger partial charge on any atom is -0.382 e. The number of hydrogen-bond acceptors (Lipinski definition) is 2. The van der Waals surface area contributed by atoms with Gasteiger partial charge in [-0.1, -0.05) is 45.2 Å². The van der Waals surface area contributed by atoms with E-state index in [1.807, 2.05) is 13.8 Å². The Morgan fingerprint density at radius 1 is 1.32 bits per heavy atom. The molecule has 0 spiro atoms. The molecule has 6 heteroatoms. The van der Waals surface area contributed by atoms with Crippen molar-refractivity contribution in [3.63, 3.8) is 0 Å². The summed E-state index contributed by atoms with van der Waals surface area (Å²) in [5.74, 6) is 0. The largest absolute Gasteiger partial charge is 0.382 e. The Morgan fingerprint density at radius 2 is 2.00 bits per heavy atom. The molecule has 3 nitrogen and oxygen atoms in total. The van der Waals surface area contributed by atoms with Crippen LogP contribution in [0, 0.1) is 0 Å². The van der Waals surface area contributed by atoms with Crippen LogP contribution in [-0.2, 0) is 0 Å². The minimum absolute atomic E-state index is 0.114. The molecule has 1 heterocycles. The number of benzene rings is 1. The van der Waals surface area contributed by atoms with Gasteiger partial charge in [0.2, 0.25) is 0 Å². The lowest BCUT2D eigenvalue weighted by Crippen LogP contribution is -2.13. The maximum Gasteiger partial charge on any atom is 0.123 e. The molecule has 1 aromatic heterocycles. The molecule has 2 rings (SSSR count). The first kappa shape index (κ1) is 14.9. The van der Waals surface area contributed by atoms with E-state index in [1.165, 1.54) is 0 Å². The van der Waals surface area contributed by atoms with Crippen LogP contribution in [0.5, 0.6) is 0 Å². The lowest BCUT2D eigenvalue weighted by Gasteiger charge is -2.18. The summed E-state index contributed by atoms with van der Waals surface area (Å²) in [6.45, 7) is 3.97. The molecule has 2 aromatic rings. The third-order valence-corrected chi connectivity index (χ3v) is 4.01. The Morgan fingerprint density at radius 3 is 2.58 bits per heavy atom. The van der Waals surface area contributed by atoms with Crippen LogP contribution in [0.2, 0.25) is 10.0 Å². The molecule has 0 aliphatic carbocycles. The van der Waals surface area contributed by atoms with Gasteiger partial charge in [-0.15, -0.1) is 0 Å². The molecule has 0 radical (unpaired) electrons. The summed E-state index contributed by atoms with van der Waals surface area (Å²) in [7, 11) is 0. The van der Waals surface area contributed by atoms with Crippen molar-refractivity contribution in [3.8, 4) is 0 Å². The quantitative estimate of drug-likeness (QED) is 0.864. The first-order chi connectivity index (χ1) is 8.91. The van der Waals surface area contributed by atoms with E-state index in [0.29, 0.717) is 21.3 Å². The SMILES string of the molecule is CC(C)n1ncc(Cl)c1C(O)c1ccc(Cl)cc1Br. The fraction of sp³-hybridized carbons (Fsp3) is 0.308. The highest BCUT2D eigenvalue weighted by molar-refractivity contribution is 9.10. The summed E-state index contributed by atoms with van der Waals surface area (Å²) in [5, 5.41) is 15.8. The summed E-state index contributed by atoms with van der Waals surface area (Å²) >= 11 is 15.4. The van der Waals surface area contributed by atoms with Gasteiger partial charge in [0.05, 0.1) is 16.9 Å². The average molecular weight is 364 g/mol. The molecule has 0 fully saturated rings. The monoisotopic (exact) mass is 362 g/mol. The van der Waals surface area contributed by atoms with Gasteiger partial charge in [0.15, 0.2) is 0 Å². The maximum absolute atomic E-state index is 10.5. The molecule has 0 aliphatic heterocycles. The average Bonchev–Trinajstić information content (AvgIpc) is 2.70. The summed E-state index contributed by atoms with van der Waals surface area (Å²) in [6.07, 6.45) is 0.688. The molecule has 0 amide bonds. The molecule has 0 saturated carbocycles. The van der Waals surface area contributed by atoms with Crippen LogP contribution in [-0.4, -0.2) is 14.9 Å². The minimum atomic E-state index is -0.857. The van der Waals surface area contributed by atoms with E-state index in [-0.39, 0.29) is 6.04 Å². The highest BCUT2D eigenvalue weighted by Gasteiger charge is 2.23. The van der Waals surface area contributed by atoms with Crippen molar-refractivity contribution >= 4 is 39.1 Å². The van der Waals surface area contributed by atoms with Crippen molar-refractivity contribution in [1.29, 1.82) is 0 Å². The van der Waals surface area contributed by atoms with Gasteiger partial charge >= 0.3 is 0 Å². The molecule has 1 N–H and O–H groups in total. The lowest BCUT2D eigenvalue weighted by atomic mass is 10.1. The van der Waals surface area contributed by atoms with Gasteiger partial charge in [-0.25, -0.2) is 0 Å². The predicted octanol–water partition coefficient (Wildman–Crippen LogP) is 4.62. The van der Waals surface area contributed by atoms with E-state index < -0.39 is 6.10 Å². The van der Waals surface area contributed by atoms with E-state index in [9.17, 15) is 5.11 Å². The first-order valence-corrected chi connectivity index (χ1v) is 7.32. The van der Waals surface area contributed by atoms with Crippen molar-refractivity contribution in [3.05, 3.63) is 50.2 Å². The van der Waals surface area contributed by atoms with E-state index in [0.717, 1.165) is 4.47 Å². The van der Waals surface area contributed by atoms with Gasteiger partial charge in [0, 0.05) is 21.1 Å². The van der Waals surface area contributed by atoms with Crippen molar-refractivity contribution in [2.45, 2.75) is 26.0 Å². The van der Waals surface area contributed by atoms with Crippen molar-refractivity contribution in [1.82, 2.24) is 9.78 Å². The van der Waals surface area contributed by atoms with Crippen LogP contribution in [0.4, 0.5) is 0 Å². The molecule has 102 valence electrons. The second-order valence-electron chi connectivity index (χ2n) is 4.48. The van der Waals surface area contributed by atoms with Gasteiger partial charge in [-0.05, 0) is 26.0 Å². The van der Waals surface area contributed by atoms with E-state index in [2.05, 4.69) is 21.0 Å². The fourth-order valence-corrected chi connectivity index (χ4v) is 3.02. The standard InChI is InChI=1S/C13H13BrCl2N2O/c1-7(2)18-12(11(16)6-17-18)13(19)9-4-3-8(15)5-10(9)14/h3-7,13,19H,1-2H3. The number of aliphatic hydroxyl groups is 1. The van der Waals surface area contributed by atoms with Crippen LogP contribution < -0.4 is 0 Å². The Kier molecular flexibility index (Phi) is 4.56. The topological polar surface area (TPSA) is 38.0 Å².